The van der Waals surface area contributed by atoms with Crippen LogP contribution in [0.1, 0.15) is 34.6 Å². The van der Waals surface area contributed by atoms with Gasteiger partial charge in [0, 0.05) is 31.2 Å². The lowest BCUT2D eigenvalue weighted by Crippen LogP contribution is -2.58. The summed E-state index contributed by atoms with van der Waals surface area (Å²) >= 11 is 0. The maximum Gasteiger partial charge on any atom is 0.0221 e. The molecule has 78 valence electrons. The summed E-state index contributed by atoms with van der Waals surface area (Å²) in [7, 11) is 0. The third-order valence-corrected chi connectivity index (χ3v) is 2.97. The van der Waals surface area contributed by atoms with E-state index in [2.05, 4.69) is 44.8 Å². The van der Waals surface area contributed by atoms with Gasteiger partial charge in [-0.05, 0) is 26.7 Å². The Hall–Kier alpha value is -0.0800. The molecule has 1 fully saturated rings. The fourth-order valence-electron chi connectivity index (χ4n) is 1.97. The van der Waals surface area contributed by atoms with Gasteiger partial charge in [-0.25, -0.2) is 0 Å². The molecule has 0 aromatic rings. The van der Waals surface area contributed by atoms with Crippen molar-refractivity contribution in [3.05, 3.63) is 0 Å². The van der Waals surface area contributed by atoms with Gasteiger partial charge in [-0.2, -0.15) is 0 Å². The second-order valence-corrected chi connectivity index (χ2v) is 4.97. The van der Waals surface area contributed by atoms with Gasteiger partial charge in [-0.3, -0.25) is 4.90 Å². The standard InChI is InChI=1S/C11H24N2/c1-8(2)11-7-13(9(3)4)6-10(5)12-11/h8-12H,6-7H2,1-5H3. The topological polar surface area (TPSA) is 15.3 Å². The normalized spacial score (nSPS) is 31.6. The Bertz CT molecular complexity index is 138. The summed E-state index contributed by atoms with van der Waals surface area (Å²) < 4.78 is 0. The van der Waals surface area contributed by atoms with Crippen LogP contribution in [0.2, 0.25) is 0 Å². The van der Waals surface area contributed by atoms with Crippen LogP contribution in [0, 0.1) is 5.92 Å². The molecule has 0 saturated carbocycles. The first-order valence-corrected chi connectivity index (χ1v) is 5.50. The number of hydrogen-bond donors (Lipinski definition) is 1. The highest BCUT2D eigenvalue weighted by atomic mass is 15.2. The van der Waals surface area contributed by atoms with Crippen molar-refractivity contribution in [3.63, 3.8) is 0 Å². The summed E-state index contributed by atoms with van der Waals surface area (Å²) in [6.45, 7) is 13.9. The van der Waals surface area contributed by atoms with Gasteiger partial charge in [0.1, 0.15) is 0 Å². The second-order valence-electron chi connectivity index (χ2n) is 4.97. The van der Waals surface area contributed by atoms with Crippen molar-refractivity contribution in [2.45, 2.75) is 52.7 Å². The molecule has 1 heterocycles. The lowest BCUT2D eigenvalue weighted by atomic mass is 9.99. The molecule has 1 saturated heterocycles. The number of nitrogens with zero attached hydrogens (tertiary/aromatic N) is 1. The van der Waals surface area contributed by atoms with Gasteiger partial charge in [0.05, 0.1) is 0 Å². The lowest BCUT2D eigenvalue weighted by Gasteiger charge is -2.41. The highest BCUT2D eigenvalue weighted by molar-refractivity contribution is 4.86. The van der Waals surface area contributed by atoms with Crippen LogP contribution in [0.3, 0.4) is 0 Å². The maximum atomic E-state index is 3.66. The molecule has 0 amide bonds. The maximum absolute atomic E-state index is 3.66. The zero-order chi connectivity index (χ0) is 10.0. The fourth-order valence-corrected chi connectivity index (χ4v) is 1.97. The van der Waals surface area contributed by atoms with Gasteiger partial charge >= 0.3 is 0 Å². The zero-order valence-electron chi connectivity index (χ0n) is 9.67. The summed E-state index contributed by atoms with van der Waals surface area (Å²) in [5.41, 5.74) is 0. The van der Waals surface area contributed by atoms with Crippen molar-refractivity contribution in [2.75, 3.05) is 13.1 Å². The Morgan fingerprint density at radius 3 is 2.23 bits per heavy atom. The summed E-state index contributed by atoms with van der Waals surface area (Å²) in [5.74, 6) is 0.740. The van der Waals surface area contributed by atoms with E-state index in [1.165, 1.54) is 13.1 Å². The summed E-state index contributed by atoms with van der Waals surface area (Å²) in [5, 5.41) is 3.66. The predicted octanol–water partition coefficient (Wildman–Crippen LogP) is 1.71. The Kier molecular flexibility index (Phi) is 3.74. The second kappa shape index (κ2) is 4.43. The van der Waals surface area contributed by atoms with Gasteiger partial charge in [0.15, 0.2) is 0 Å². The average Bonchev–Trinajstić information content (AvgIpc) is 2.03. The van der Waals surface area contributed by atoms with Crippen LogP contribution in [0.5, 0.6) is 0 Å². The molecule has 2 atom stereocenters. The van der Waals surface area contributed by atoms with Crippen LogP contribution in [-0.4, -0.2) is 36.1 Å². The summed E-state index contributed by atoms with van der Waals surface area (Å²) in [6, 6.07) is 2.00. The van der Waals surface area contributed by atoms with E-state index < -0.39 is 0 Å². The number of piperazine rings is 1. The van der Waals surface area contributed by atoms with E-state index in [-0.39, 0.29) is 0 Å². The van der Waals surface area contributed by atoms with Crippen LogP contribution >= 0.6 is 0 Å². The molecular formula is C11H24N2. The first-order valence-electron chi connectivity index (χ1n) is 5.50. The van der Waals surface area contributed by atoms with E-state index >= 15 is 0 Å². The Labute approximate surface area is 82.7 Å². The monoisotopic (exact) mass is 184 g/mol. The molecule has 1 aliphatic heterocycles. The molecule has 0 aromatic carbocycles. The van der Waals surface area contributed by atoms with Gasteiger partial charge in [0.2, 0.25) is 0 Å². The zero-order valence-corrected chi connectivity index (χ0v) is 9.67. The van der Waals surface area contributed by atoms with Crippen molar-refractivity contribution in [2.24, 2.45) is 5.92 Å². The molecule has 0 aromatic heterocycles. The minimum atomic E-state index is 0.642. The summed E-state index contributed by atoms with van der Waals surface area (Å²) in [4.78, 5) is 2.58. The predicted molar refractivity (Wildman–Crippen MR) is 57.9 cm³/mol. The van der Waals surface area contributed by atoms with Crippen molar-refractivity contribution in [3.8, 4) is 0 Å². The van der Waals surface area contributed by atoms with Crippen LogP contribution in [0.4, 0.5) is 0 Å². The molecule has 1 aliphatic rings. The van der Waals surface area contributed by atoms with E-state index in [4.69, 9.17) is 0 Å². The molecule has 0 radical (unpaired) electrons. The number of rotatable bonds is 2. The molecule has 0 bridgehead atoms. The van der Waals surface area contributed by atoms with Gasteiger partial charge in [-0.15, -0.1) is 0 Å². The van der Waals surface area contributed by atoms with Crippen molar-refractivity contribution < 1.29 is 0 Å². The van der Waals surface area contributed by atoms with E-state index in [0.29, 0.717) is 18.1 Å². The van der Waals surface area contributed by atoms with Crippen LogP contribution in [-0.2, 0) is 0 Å². The van der Waals surface area contributed by atoms with Crippen LogP contribution in [0.25, 0.3) is 0 Å². The SMILES string of the molecule is CC1CN(C(C)C)CC(C(C)C)N1. The molecule has 13 heavy (non-hydrogen) atoms. The Balaban J connectivity index is 2.52. The van der Waals surface area contributed by atoms with Crippen LogP contribution < -0.4 is 5.32 Å². The molecule has 2 heteroatoms. The van der Waals surface area contributed by atoms with Gasteiger partial charge in [-0.1, -0.05) is 13.8 Å². The molecular weight excluding hydrogens is 160 g/mol. The molecule has 2 unspecified atom stereocenters. The Morgan fingerprint density at radius 1 is 1.15 bits per heavy atom. The average molecular weight is 184 g/mol. The van der Waals surface area contributed by atoms with E-state index in [9.17, 15) is 0 Å². The van der Waals surface area contributed by atoms with Gasteiger partial charge < -0.3 is 5.32 Å². The molecule has 0 spiro atoms. The number of nitrogens with one attached hydrogen (secondary N) is 1. The largest absolute Gasteiger partial charge is 0.309 e. The molecule has 0 aliphatic carbocycles. The summed E-state index contributed by atoms with van der Waals surface area (Å²) in [6.07, 6.45) is 0. The fraction of sp³-hybridized carbons (Fsp3) is 1.00. The van der Waals surface area contributed by atoms with Crippen LogP contribution in [0.15, 0.2) is 0 Å². The van der Waals surface area contributed by atoms with Gasteiger partial charge in [0.25, 0.3) is 0 Å². The Morgan fingerprint density at radius 2 is 1.77 bits per heavy atom. The highest BCUT2D eigenvalue weighted by Gasteiger charge is 2.26. The quantitative estimate of drug-likeness (QED) is 0.703. The number of hydrogen-bond acceptors (Lipinski definition) is 2. The minimum absolute atomic E-state index is 0.642. The first-order chi connectivity index (χ1) is 6.00. The minimum Gasteiger partial charge on any atom is -0.309 e. The smallest absolute Gasteiger partial charge is 0.0221 e. The van der Waals surface area contributed by atoms with Crippen molar-refractivity contribution in [1.29, 1.82) is 0 Å². The van der Waals surface area contributed by atoms with Crippen molar-refractivity contribution >= 4 is 0 Å². The first kappa shape index (κ1) is 11.0. The third-order valence-electron chi connectivity index (χ3n) is 2.97. The third kappa shape index (κ3) is 2.96. The molecule has 2 nitrogen and oxygen atoms in total. The van der Waals surface area contributed by atoms with E-state index in [1.807, 2.05) is 0 Å². The van der Waals surface area contributed by atoms with Crippen molar-refractivity contribution in [1.82, 2.24) is 10.2 Å². The molecule has 1 rings (SSSR count). The highest BCUT2D eigenvalue weighted by Crippen LogP contribution is 2.13. The lowest BCUT2D eigenvalue weighted by molar-refractivity contribution is 0.116. The molecule has 1 N–H and O–H groups in total. The van der Waals surface area contributed by atoms with E-state index in [1.54, 1.807) is 0 Å². The van der Waals surface area contributed by atoms with E-state index in [0.717, 1.165) is 5.92 Å².